The number of hydrogen-bond donors (Lipinski definition) is 1. The first-order valence-electron chi connectivity index (χ1n) is 7.05. The quantitative estimate of drug-likeness (QED) is 0.902. The third-order valence-electron chi connectivity index (χ3n) is 3.91. The van der Waals surface area contributed by atoms with Crippen molar-refractivity contribution in [2.75, 3.05) is 18.9 Å². The fraction of sp³-hybridized carbons (Fsp3) is 0.533. The average molecular weight is 300 g/mol. The molecule has 1 aliphatic rings. The number of nitrogens with zero attached hydrogens (tertiary/aromatic N) is 1. The highest BCUT2D eigenvalue weighted by Gasteiger charge is 2.36. The highest BCUT2D eigenvalue weighted by atomic mass is 19.4. The lowest BCUT2D eigenvalue weighted by Gasteiger charge is -2.34. The number of rotatable bonds is 2. The van der Waals surface area contributed by atoms with Gasteiger partial charge >= 0.3 is 6.18 Å². The van der Waals surface area contributed by atoms with Gasteiger partial charge in [-0.1, -0.05) is 6.07 Å². The number of piperidine rings is 1. The van der Waals surface area contributed by atoms with Crippen molar-refractivity contribution in [1.29, 1.82) is 0 Å². The van der Waals surface area contributed by atoms with Crippen LogP contribution in [0.15, 0.2) is 18.2 Å². The van der Waals surface area contributed by atoms with Crippen LogP contribution in [0, 0.1) is 0 Å². The maximum Gasteiger partial charge on any atom is 0.418 e. The Kier molecular flexibility index (Phi) is 4.44. The molecule has 1 amide bonds. The van der Waals surface area contributed by atoms with Gasteiger partial charge in [-0.3, -0.25) is 4.79 Å². The van der Waals surface area contributed by atoms with E-state index in [2.05, 4.69) is 5.32 Å². The standard InChI is InChI=1S/C15H19F3N2O/c1-10-6-3-4-9-20(10)14(21)11-7-5-8-12(13(11)19-2)15(16,17)18/h5,7-8,10,19H,3-4,6,9H2,1-2H3. The molecule has 1 unspecified atom stereocenters. The minimum atomic E-state index is -4.48. The minimum Gasteiger partial charge on any atom is -0.387 e. The van der Waals surface area contributed by atoms with E-state index in [-0.39, 0.29) is 23.2 Å². The molecule has 6 heteroatoms. The Labute approximate surface area is 122 Å². The number of amides is 1. The van der Waals surface area contributed by atoms with Crippen molar-refractivity contribution in [2.24, 2.45) is 0 Å². The van der Waals surface area contributed by atoms with Crippen LogP contribution in [0.4, 0.5) is 18.9 Å². The van der Waals surface area contributed by atoms with Crippen molar-refractivity contribution >= 4 is 11.6 Å². The highest BCUT2D eigenvalue weighted by molar-refractivity contribution is 6.00. The molecule has 3 nitrogen and oxygen atoms in total. The summed E-state index contributed by atoms with van der Waals surface area (Å²) in [5.74, 6) is -0.336. The van der Waals surface area contributed by atoms with E-state index in [4.69, 9.17) is 0 Å². The molecule has 0 bridgehead atoms. The number of hydrogen-bond acceptors (Lipinski definition) is 2. The predicted octanol–water partition coefficient (Wildman–Crippen LogP) is 3.76. The van der Waals surface area contributed by atoms with Gasteiger partial charge in [0.2, 0.25) is 0 Å². The number of alkyl halides is 3. The van der Waals surface area contributed by atoms with Gasteiger partial charge in [0, 0.05) is 19.6 Å². The van der Waals surface area contributed by atoms with E-state index in [9.17, 15) is 18.0 Å². The molecule has 1 heterocycles. The molecule has 1 N–H and O–H groups in total. The zero-order valence-electron chi connectivity index (χ0n) is 12.1. The Balaban J connectivity index is 2.41. The molecular formula is C15H19F3N2O. The van der Waals surface area contributed by atoms with Crippen molar-refractivity contribution in [3.63, 3.8) is 0 Å². The number of halogens is 3. The fourth-order valence-electron chi connectivity index (χ4n) is 2.79. The Hall–Kier alpha value is -1.72. The number of carbonyl (C=O) groups is 1. The second-order valence-electron chi connectivity index (χ2n) is 5.32. The molecule has 1 aliphatic heterocycles. The van der Waals surface area contributed by atoms with Crippen LogP contribution in [0.2, 0.25) is 0 Å². The monoisotopic (exact) mass is 300 g/mol. The smallest absolute Gasteiger partial charge is 0.387 e. The Bertz CT molecular complexity index is 528. The first kappa shape index (κ1) is 15.7. The first-order chi connectivity index (χ1) is 9.86. The molecule has 0 aromatic heterocycles. The van der Waals surface area contributed by atoms with Crippen LogP contribution >= 0.6 is 0 Å². The predicted molar refractivity (Wildman–Crippen MR) is 75.3 cm³/mol. The van der Waals surface area contributed by atoms with E-state index in [1.54, 1.807) is 4.90 Å². The van der Waals surface area contributed by atoms with Crippen LogP contribution in [-0.2, 0) is 6.18 Å². The van der Waals surface area contributed by atoms with Crippen LogP contribution in [-0.4, -0.2) is 30.4 Å². The van der Waals surface area contributed by atoms with Gasteiger partial charge in [0.25, 0.3) is 5.91 Å². The zero-order valence-corrected chi connectivity index (χ0v) is 12.1. The minimum absolute atomic E-state index is 0.0606. The van der Waals surface area contributed by atoms with Crippen LogP contribution in [0.3, 0.4) is 0 Å². The van der Waals surface area contributed by atoms with Gasteiger partial charge in [-0.05, 0) is 38.3 Å². The van der Waals surface area contributed by atoms with Gasteiger partial charge in [-0.15, -0.1) is 0 Å². The molecule has 0 radical (unpaired) electrons. The summed E-state index contributed by atoms with van der Waals surface area (Å²) in [6.07, 6.45) is -1.65. The molecule has 1 aromatic carbocycles. The Morgan fingerprint density at radius 2 is 2.05 bits per heavy atom. The van der Waals surface area contributed by atoms with E-state index in [0.717, 1.165) is 25.3 Å². The third kappa shape index (κ3) is 3.14. The number of carbonyl (C=O) groups excluding carboxylic acids is 1. The zero-order chi connectivity index (χ0) is 15.6. The van der Waals surface area contributed by atoms with Crippen LogP contribution < -0.4 is 5.32 Å². The molecular weight excluding hydrogens is 281 g/mol. The highest BCUT2D eigenvalue weighted by Crippen LogP contribution is 2.37. The number of para-hydroxylation sites is 1. The maximum absolute atomic E-state index is 13.0. The van der Waals surface area contributed by atoms with Gasteiger partial charge in [0.15, 0.2) is 0 Å². The van der Waals surface area contributed by atoms with Crippen LogP contribution in [0.25, 0.3) is 0 Å². The van der Waals surface area contributed by atoms with E-state index in [1.165, 1.54) is 19.2 Å². The molecule has 116 valence electrons. The normalized spacial score (nSPS) is 19.5. The SMILES string of the molecule is CNc1c(C(=O)N2CCCCC2C)cccc1C(F)(F)F. The van der Waals surface area contributed by atoms with Gasteiger partial charge in [-0.2, -0.15) is 13.2 Å². The number of nitrogens with one attached hydrogen (secondary N) is 1. The molecule has 21 heavy (non-hydrogen) atoms. The van der Waals surface area contributed by atoms with Crippen molar-refractivity contribution in [3.8, 4) is 0 Å². The molecule has 0 aliphatic carbocycles. The fourth-order valence-corrected chi connectivity index (χ4v) is 2.79. The van der Waals surface area contributed by atoms with Gasteiger partial charge < -0.3 is 10.2 Å². The summed E-state index contributed by atoms with van der Waals surface area (Å²) in [7, 11) is 1.40. The average Bonchev–Trinajstić information content (AvgIpc) is 2.45. The number of likely N-dealkylation sites (tertiary alicyclic amines) is 1. The summed E-state index contributed by atoms with van der Waals surface area (Å²) in [5.41, 5.74) is -0.866. The van der Waals surface area contributed by atoms with Crippen molar-refractivity contribution in [3.05, 3.63) is 29.3 Å². The Morgan fingerprint density at radius 1 is 1.33 bits per heavy atom. The van der Waals surface area contributed by atoms with Gasteiger partial charge in [-0.25, -0.2) is 0 Å². The first-order valence-corrected chi connectivity index (χ1v) is 7.05. The van der Waals surface area contributed by atoms with Crippen LogP contribution in [0.5, 0.6) is 0 Å². The third-order valence-corrected chi connectivity index (χ3v) is 3.91. The summed E-state index contributed by atoms with van der Waals surface area (Å²) in [6, 6.07) is 3.78. The number of benzene rings is 1. The largest absolute Gasteiger partial charge is 0.418 e. The second-order valence-corrected chi connectivity index (χ2v) is 5.32. The van der Waals surface area contributed by atoms with E-state index in [1.807, 2.05) is 6.92 Å². The second kappa shape index (κ2) is 5.95. The summed E-state index contributed by atoms with van der Waals surface area (Å²) >= 11 is 0. The summed E-state index contributed by atoms with van der Waals surface area (Å²) in [4.78, 5) is 14.3. The molecule has 1 atom stereocenters. The van der Waals surface area contributed by atoms with Crippen molar-refractivity contribution in [2.45, 2.75) is 38.4 Å². The molecule has 1 saturated heterocycles. The van der Waals surface area contributed by atoms with E-state index >= 15 is 0 Å². The molecule has 1 aromatic rings. The molecule has 0 spiro atoms. The van der Waals surface area contributed by atoms with E-state index < -0.39 is 11.7 Å². The van der Waals surface area contributed by atoms with Gasteiger partial charge in [0.1, 0.15) is 0 Å². The molecule has 2 rings (SSSR count). The maximum atomic E-state index is 13.0. The van der Waals surface area contributed by atoms with Crippen molar-refractivity contribution in [1.82, 2.24) is 4.90 Å². The lowest BCUT2D eigenvalue weighted by atomic mass is 10.00. The van der Waals surface area contributed by atoms with E-state index in [0.29, 0.717) is 6.54 Å². The topological polar surface area (TPSA) is 32.3 Å². The lowest BCUT2D eigenvalue weighted by Crippen LogP contribution is -2.42. The summed E-state index contributed by atoms with van der Waals surface area (Å²) < 4.78 is 39.1. The van der Waals surface area contributed by atoms with Crippen molar-refractivity contribution < 1.29 is 18.0 Å². The lowest BCUT2D eigenvalue weighted by molar-refractivity contribution is -0.136. The molecule has 0 saturated carbocycles. The number of anilines is 1. The van der Waals surface area contributed by atoms with Gasteiger partial charge in [0.05, 0.1) is 16.8 Å². The molecule has 1 fully saturated rings. The van der Waals surface area contributed by atoms with Crippen LogP contribution in [0.1, 0.15) is 42.1 Å². The summed E-state index contributed by atoms with van der Waals surface area (Å²) in [5, 5.41) is 2.54. The summed E-state index contributed by atoms with van der Waals surface area (Å²) in [6.45, 7) is 2.53. The Morgan fingerprint density at radius 3 is 2.62 bits per heavy atom.